The lowest BCUT2D eigenvalue weighted by Crippen LogP contribution is -2.36. The molecule has 2 atom stereocenters. The average molecular weight is 528 g/mol. The summed E-state index contributed by atoms with van der Waals surface area (Å²) in [5, 5.41) is 0. The number of hydrogen-bond donors (Lipinski definition) is 1. The van der Waals surface area contributed by atoms with Gasteiger partial charge in [0.15, 0.2) is 11.5 Å². The minimum Gasteiger partial charge on any atom is -0.461 e. The molecule has 9 nitrogen and oxygen atoms in total. The Morgan fingerprint density at radius 3 is 1.92 bits per heavy atom. The Hall–Kier alpha value is -3.72. The lowest BCUT2D eigenvalue weighted by Gasteiger charge is -2.21. The van der Waals surface area contributed by atoms with Crippen molar-refractivity contribution in [2.75, 3.05) is 6.61 Å². The van der Waals surface area contributed by atoms with Gasteiger partial charge in [-0.05, 0) is 84.7 Å². The van der Waals surface area contributed by atoms with E-state index in [0.29, 0.717) is 11.1 Å². The Labute approximate surface area is 223 Å². The first-order valence-corrected chi connectivity index (χ1v) is 12.3. The summed E-state index contributed by atoms with van der Waals surface area (Å²) in [7, 11) is 0. The van der Waals surface area contributed by atoms with Gasteiger partial charge in [0.05, 0.1) is 16.4 Å². The molecule has 0 bridgehead atoms. The molecule has 206 valence electrons. The lowest BCUT2D eigenvalue weighted by atomic mass is 9.97. The molecule has 0 unspecified atom stereocenters. The number of carbonyl (C=O) groups is 4. The lowest BCUT2D eigenvalue weighted by molar-refractivity contribution is -0.148. The molecule has 0 spiro atoms. The molecule has 38 heavy (non-hydrogen) atoms. The molecule has 0 fully saturated rings. The van der Waals surface area contributed by atoms with Crippen LogP contribution in [0, 0.1) is 10.8 Å². The van der Waals surface area contributed by atoms with Crippen molar-refractivity contribution in [3.05, 3.63) is 59.7 Å². The van der Waals surface area contributed by atoms with E-state index >= 15 is 0 Å². The summed E-state index contributed by atoms with van der Waals surface area (Å²) in [5.41, 5.74) is 5.42. The van der Waals surface area contributed by atoms with Gasteiger partial charge in [0.1, 0.15) is 18.8 Å². The summed E-state index contributed by atoms with van der Waals surface area (Å²) < 4.78 is 21.5. The third-order valence-electron chi connectivity index (χ3n) is 5.17. The highest BCUT2D eigenvalue weighted by molar-refractivity contribution is 5.89. The largest absolute Gasteiger partial charge is 0.461 e. The van der Waals surface area contributed by atoms with Crippen molar-refractivity contribution in [2.45, 2.75) is 67.0 Å². The zero-order valence-electron chi connectivity index (χ0n) is 23.0. The Bertz CT molecular complexity index is 1150. The van der Waals surface area contributed by atoms with Crippen LogP contribution in [0.5, 0.6) is 11.5 Å². The fourth-order valence-corrected chi connectivity index (χ4v) is 2.85. The van der Waals surface area contributed by atoms with Gasteiger partial charge in [-0.15, -0.1) is 0 Å². The minimum absolute atomic E-state index is 0.0436. The maximum Gasteiger partial charge on any atom is 0.338 e. The molecule has 2 N–H and O–H groups in total. The summed E-state index contributed by atoms with van der Waals surface area (Å²) in [6.45, 7) is 11.7. The molecule has 0 heterocycles. The van der Waals surface area contributed by atoms with Gasteiger partial charge in [0.2, 0.25) is 0 Å². The van der Waals surface area contributed by atoms with Crippen molar-refractivity contribution in [1.29, 1.82) is 0 Å². The standard InChI is InChI=1S/C29H37NO8/c1-18(36-24(31)20-11-9-8-10-12-20)17-35-25(32)21(30)15-19-13-14-22(37-26(33)28(2,3)4)23(16-19)38-27(34)29(5,6)7/h8-14,16,18,21H,15,17,30H2,1-7H3/t18-,21+/m1/s1. The molecule has 2 rings (SSSR count). The van der Waals surface area contributed by atoms with E-state index < -0.39 is 46.9 Å². The fraction of sp³-hybridized carbons (Fsp3) is 0.448. The second kappa shape index (κ2) is 12.7. The summed E-state index contributed by atoms with van der Waals surface area (Å²) in [5.74, 6) is -2.11. The first-order valence-electron chi connectivity index (χ1n) is 12.3. The highest BCUT2D eigenvalue weighted by atomic mass is 16.6. The van der Waals surface area contributed by atoms with Gasteiger partial charge in [-0.25, -0.2) is 4.79 Å². The molecule has 0 aliphatic rings. The van der Waals surface area contributed by atoms with E-state index in [1.54, 1.807) is 84.9 Å². The van der Waals surface area contributed by atoms with E-state index in [1.807, 2.05) is 0 Å². The van der Waals surface area contributed by atoms with E-state index in [0.717, 1.165) is 0 Å². The summed E-state index contributed by atoms with van der Waals surface area (Å²) >= 11 is 0. The molecular weight excluding hydrogens is 490 g/mol. The highest BCUT2D eigenvalue weighted by Crippen LogP contribution is 2.33. The Balaban J connectivity index is 2.06. The van der Waals surface area contributed by atoms with Crippen molar-refractivity contribution in [2.24, 2.45) is 16.6 Å². The van der Waals surface area contributed by atoms with Gasteiger partial charge >= 0.3 is 23.9 Å². The van der Waals surface area contributed by atoms with E-state index in [4.69, 9.17) is 24.7 Å². The number of nitrogens with two attached hydrogens (primary N) is 1. The third-order valence-corrected chi connectivity index (χ3v) is 5.17. The van der Waals surface area contributed by atoms with Gasteiger partial charge in [0.25, 0.3) is 0 Å². The molecule has 0 amide bonds. The van der Waals surface area contributed by atoms with Crippen molar-refractivity contribution < 1.29 is 38.1 Å². The van der Waals surface area contributed by atoms with Crippen LogP contribution in [0.15, 0.2) is 48.5 Å². The maximum atomic E-state index is 12.5. The molecule has 0 saturated carbocycles. The van der Waals surface area contributed by atoms with Crippen molar-refractivity contribution in [3.8, 4) is 11.5 Å². The van der Waals surface area contributed by atoms with Crippen LogP contribution in [0.25, 0.3) is 0 Å². The Kier molecular flexibility index (Phi) is 10.2. The molecule has 0 aliphatic heterocycles. The van der Waals surface area contributed by atoms with Crippen molar-refractivity contribution in [1.82, 2.24) is 0 Å². The molecule has 2 aromatic rings. The SMILES string of the molecule is C[C@H](COC(=O)[C@@H](N)Cc1ccc(OC(=O)C(C)(C)C)c(OC(=O)C(C)(C)C)c1)OC(=O)c1ccccc1. The molecule has 2 aromatic carbocycles. The monoisotopic (exact) mass is 527 g/mol. The van der Waals surface area contributed by atoms with Crippen molar-refractivity contribution >= 4 is 23.9 Å². The number of esters is 4. The molecule has 0 aliphatic carbocycles. The van der Waals surface area contributed by atoms with E-state index in [-0.39, 0.29) is 24.5 Å². The molecule has 9 heteroatoms. The van der Waals surface area contributed by atoms with E-state index in [9.17, 15) is 19.2 Å². The van der Waals surface area contributed by atoms with Gasteiger partial charge < -0.3 is 24.7 Å². The second-order valence-corrected chi connectivity index (χ2v) is 11.1. The zero-order valence-corrected chi connectivity index (χ0v) is 23.0. The van der Waals surface area contributed by atoms with Crippen LogP contribution < -0.4 is 15.2 Å². The van der Waals surface area contributed by atoms with Crippen LogP contribution in [0.1, 0.15) is 64.4 Å². The normalized spacial score (nSPS) is 13.2. The first kappa shape index (κ1) is 30.5. The van der Waals surface area contributed by atoms with Crippen LogP contribution in [-0.2, 0) is 30.3 Å². The van der Waals surface area contributed by atoms with Crippen LogP contribution in [0.2, 0.25) is 0 Å². The number of carbonyl (C=O) groups excluding carboxylic acids is 4. The number of hydrogen-bond acceptors (Lipinski definition) is 9. The number of benzene rings is 2. The highest BCUT2D eigenvalue weighted by Gasteiger charge is 2.29. The minimum atomic E-state index is -1.04. The summed E-state index contributed by atoms with van der Waals surface area (Å²) in [4.78, 5) is 49.6. The van der Waals surface area contributed by atoms with Crippen molar-refractivity contribution in [3.63, 3.8) is 0 Å². The van der Waals surface area contributed by atoms with Crippen LogP contribution in [-0.4, -0.2) is 42.6 Å². The average Bonchev–Trinajstić information content (AvgIpc) is 2.83. The topological polar surface area (TPSA) is 131 Å². The molecular formula is C29H37NO8. The van der Waals surface area contributed by atoms with Gasteiger partial charge in [-0.1, -0.05) is 24.3 Å². The molecule has 0 saturated heterocycles. The van der Waals surface area contributed by atoms with Crippen LogP contribution >= 0.6 is 0 Å². The van der Waals surface area contributed by atoms with Gasteiger partial charge in [-0.3, -0.25) is 14.4 Å². The predicted molar refractivity (Wildman–Crippen MR) is 141 cm³/mol. The number of ether oxygens (including phenoxy) is 4. The zero-order chi connectivity index (χ0) is 28.7. The quantitative estimate of drug-likeness (QED) is 0.375. The predicted octanol–water partition coefficient (Wildman–Crippen LogP) is 4.25. The fourth-order valence-electron chi connectivity index (χ4n) is 2.85. The molecule has 0 aromatic heterocycles. The maximum absolute atomic E-state index is 12.5. The van der Waals surface area contributed by atoms with E-state index in [1.165, 1.54) is 12.1 Å². The van der Waals surface area contributed by atoms with E-state index in [2.05, 4.69) is 0 Å². The second-order valence-electron chi connectivity index (χ2n) is 11.1. The Morgan fingerprint density at radius 1 is 0.816 bits per heavy atom. The van der Waals surface area contributed by atoms with Crippen LogP contribution in [0.4, 0.5) is 0 Å². The Morgan fingerprint density at radius 2 is 1.37 bits per heavy atom. The smallest absolute Gasteiger partial charge is 0.338 e. The summed E-state index contributed by atoms with van der Waals surface area (Å²) in [6.07, 6.45) is -0.621. The molecule has 0 radical (unpaired) electrons. The summed E-state index contributed by atoms with van der Waals surface area (Å²) in [6, 6.07) is 12.1. The first-order chi connectivity index (χ1) is 17.6. The van der Waals surface area contributed by atoms with Crippen LogP contribution in [0.3, 0.4) is 0 Å². The number of rotatable bonds is 9. The van der Waals surface area contributed by atoms with Gasteiger partial charge in [-0.2, -0.15) is 0 Å². The third kappa shape index (κ3) is 9.30. The van der Waals surface area contributed by atoms with Gasteiger partial charge in [0, 0.05) is 0 Å².